The summed E-state index contributed by atoms with van der Waals surface area (Å²) in [6.45, 7) is 0. The van der Waals surface area contributed by atoms with Crippen molar-refractivity contribution in [1.82, 2.24) is 0 Å². The zero-order valence-corrected chi connectivity index (χ0v) is 6.62. The van der Waals surface area contributed by atoms with Crippen LogP contribution in [0.5, 0.6) is 0 Å². The van der Waals surface area contributed by atoms with E-state index in [1.807, 2.05) is 0 Å². The molecule has 0 amide bonds. The number of thioether (sulfide) groups is 1. The Kier molecular flexibility index (Phi) is 3.44. The van der Waals surface area contributed by atoms with Gasteiger partial charge in [-0.3, -0.25) is 0 Å². The molecule has 0 saturated carbocycles. The predicted molar refractivity (Wildman–Crippen MR) is 43.8 cm³/mol. The van der Waals surface area contributed by atoms with Crippen LogP contribution in [0, 0.1) is 0 Å². The van der Waals surface area contributed by atoms with Gasteiger partial charge in [0.05, 0.1) is 0 Å². The molecule has 0 aromatic heterocycles. The molecule has 1 aliphatic rings. The van der Waals surface area contributed by atoms with Gasteiger partial charge in [0.1, 0.15) is 0 Å². The van der Waals surface area contributed by atoms with Crippen LogP contribution in [0.4, 0.5) is 0 Å². The van der Waals surface area contributed by atoms with Crippen molar-refractivity contribution < 1.29 is 0 Å². The van der Waals surface area contributed by atoms with Crippen LogP contribution in [-0.2, 0) is 0 Å². The molecule has 0 bridgehead atoms. The fourth-order valence-electron chi connectivity index (χ4n) is 1.09. The summed E-state index contributed by atoms with van der Waals surface area (Å²) in [6.07, 6.45) is 5.19. The third-order valence-corrected chi connectivity index (χ3v) is 2.85. The lowest BCUT2D eigenvalue weighted by Gasteiger charge is -2.13. The molecule has 0 aliphatic carbocycles. The van der Waals surface area contributed by atoms with Gasteiger partial charge in [0.25, 0.3) is 0 Å². The highest BCUT2D eigenvalue weighted by Gasteiger charge is 2.04. The van der Waals surface area contributed by atoms with E-state index in [0.29, 0.717) is 6.04 Å². The minimum Gasteiger partial charge on any atom is -0.328 e. The molecule has 0 aromatic rings. The van der Waals surface area contributed by atoms with Gasteiger partial charge in [0.2, 0.25) is 0 Å². The maximum absolute atomic E-state index is 5.79. The molecule has 1 fully saturated rings. The Morgan fingerprint density at radius 3 is 2.89 bits per heavy atom. The molecule has 9 heavy (non-hydrogen) atoms. The molecule has 1 rings (SSSR count). The first-order chi connectivity index (χ1) is 4.39. The Morgan fingerprint density at radius 1 is 1.11 bits per heavy atom. The summed E-state index contributed by atoms with van der Waals surface area (Å²) in [4.78, 5) is 0. The minimum atomic E-state index is 0.498. The third-order valence-electron chi connectivity index (χ3n) is 1.75. The van der Waals surface area contributed by atoms with Gasteiger partial charge in [-0.25, -0.2) is 0 Å². The molecule has 1 aliphatic heterocycles. The standard InChI is InChI=1S/C7H15NS/c8-7-3-1-2-5-9-6-4-7/h7H,1-6,8H2. The number of hydrogen-bond donors (Lipinski definition) is 1. The van der Waals surface area contributed by atoms with Crippen LogP contribution in [-0.4, -0.2) is 17.5 Å². The van der Waals surface area contributed by atoms with E-state index in [4.69, 9.17) is 5.73 Å². The second-order valence-electron chi connectivity index (χ2n) is 2.66. The minimum absolute atomic E-state index is 0.498. The molecular formula is C7H15NS. The van der Waals surface area contributed by atoms with E-state index in [9.17, 15) is 0 Å². The van der Waals surface area contributed by atoms with Crippen molar-refractivity contribution in [2.24, 2.45) is 5.73 Å². The number of nitrogens with two attached hydrogens (primary N) is 1. The highest BCUT2D eigenvalue weighted by Crippen LogP contribution is 2.14. The lowest BCUT2D eigenvalue weighted by molar-refractivity contribution is 0.561. The second kappa shape index (κ2) is 4.18. The van der Waals surface area contributed by atoms with Gasteiger partial charge in [-0.05, 0) is 30.8 Å². The van der Waals surface area contributed by atoms with Crippen LogP contribution in [0.3, 0.4) is 0 Å². The molecule has 1 unspecified atom stereocenters. The Morgan fingerprint density at radius 2 is 2.00 bits per heavy atom. The third kappa shape index (κ3) is 3.11. The molecule has 0 aromatic carbocycles. The van der Waals surface area contributed by atoms with Crippen LogP contribution < -0.4 is 5.73 Å². The van der Waals surface area contributed by atoms with Crippen molar-refractivity contribution in [3.8, 4) is 0 Å². The summed E-state index contributed by atoms with van der Waals surface area (Å²) in [6, 6.07) is 0.498. The normalized spacial score (nSPS) is 31.0. The van der Waals surface area contributed by atoms with Gasteiger partial charge >= 0.3 is 0 Å². The number of hydrogen-bond acceptors (Lipinski definition) is 2. The van der Waals surface area contributed by atoms with E-state index in [0.717, 1.165) is 0 Å². The van der Waals surface area contributed by atoms with Gasteiger partial charge < -0.3 is 5.73 Å². The zero-order valence-electron chi connectivity index (χ0n) is 5.81. The maximum atomic E-state index is 5.79. The molecule has 54 valence electrons. The lowest BCUT2D eigenvalue weighted by Crippen LogP contribution is -2.21. The van der Waals surface area contributed by atoms with Crippen LogP contribution in [0.2, 0.25) is 0 Å². The van der Waals surface area contributed by atoms with E-state index in [1.165, 1.54) is 37.2 Å². The van der Waals surface area contributed by atoms with E-state index in [-0.39, 0.29) is 0 Å². The smallest absolute Gasteiger partial charge is 0.00466 e. The number of rotatable bonds is 0. The van der Waals surface area contributed by atoms with Crippen molar-refractivity contribution in [3.63, 3.8) is 0 Å². The summed E-state index contributed by atoms with van der Waals surface area (Å²) < 4.78 is 0. The van der Waals surface area contributed by atoms with Gasteiger partial charge in [0.15, 0.2) is 0 Å². The predicted octanol–water partition coefficient (Wildman–Crippen LogP) is 1.62. The highest BCUT2D eigenvalue weighted by atomic mass is 32.2. The Hall–Kier alpha value is 0.310. The van der Waals surface area contributed by atoms with E-state index < -0.39 is 0 Å². The van der Waals surface area contributed by atoms with Crippen molar-refractivity contribution >= 4 is 11.8 Å². The van der Waals surface area contributed by atoms with Crippen LogP contribution >= 0.6 is 11.8 Å². The Labute approximate surface area is 61.4 Å². The van der Waals surface area contributed by atoms with Gasteiger partial charge in [0, 0.05) is 6.04 Å². The van der Waals surface area contributed by atoms with Crippen LogP contribution in [0.25, 0.3) is 0 Å². The SMILES string of the molecule is NC1CCCCSCC1. The maximum Gasteiger partial charge on any atom is 0.00466 e. The van der Waals surface area contributed by atoms with Gasteiger partial charge in [-0.2, -0.15) is 11.8 Å². The molecule has 1 atom stereocenters. The fraction of sp³-hybridized carbons (Fsp3) is 1.00. The first-order valence-electron chi connectivity index (χ1n) is 3.73. The summed E-state index contributed by atoms with van der Waals surface area (Å²) in [5, 5.41) is 0. The Balaban J connectivity index is 2.12. The first-order valence-corrected chi connectivity index (χ1v) is 4.88. The van der Waals surface area contributed by atoms with Gasteiger partial charge in [-0.15, -0.1) is 0 Å². The quantitative estimate of drug-likeness (QED) is 0.560. The van der Waals surface area contributed by atoms with Crippen molar-refractivity contribution in [2.45, 2.75) is 31.7 Å². The van der Waals surface area contributed by atoms with Crippen LogP contribution in [0.1, 0.15) is 25.7 Å². The van der Waals surface area contributed by atoms with E-state index in [2.05, 4.69) is 11.8 Å². The summed E-state index contributed by atoms with van der Waals surface area (Å²) >= 11 is 2.05. The van der Waals surface area contributed by atoms with E-state index in [1.54, 1.807) is 0 Å². The van der Waals surface area contributed by atoms with Crippen LogP contribution in [0.15, 0.2) is 0 Å². The highest BCUT2D eigenvalue weighted by molar-refractivity contribution is 7.99. The summed E-state index contributed by atoms with van der Waals surface area (Å²) in [5.74, 6) is 2.63. The first kappa shape index (κ1) is 7.42. The second-order valence-corrected chi connectivity index (χ2v) is 3.88. The Bertz CT molecular complexity index is 67.3. The average molecular weight is 145 g/mol. The largest absolute Gasteiger partial charge is 0.328 e. The summed E-state index contributed by atoms with van der Waals surface area (Å²) in [7, 11) is 0. The van der Waals surface area contributed by atoms with Gasteiger partial charge in [-0.1, -0.05) is 6.42 Å². The molecule has 2 N–H and O–H groups in total. The molecule has 1 heterocycles. The fourth-order valence-corrected chi connectivity index (χ4v) is 2.17. The monoisotopic (exact) mass is 145 g/mol. The average Bonchev–Trinajstić information content (AvgIpc) is 1.79. The lowest BCUT2D eigenvalue weighted by atomic mass is 10.1. The topological polar surface area (TPSA) is 26.0 Å². The van der Waals surface area contributed by atoms with Crippen molar-refractivity contribution in [1.29, 1.82) is 0 Å². The molecule has 0 radical (unpaired) electrons. The molecule has 2 heteroatoms. The van der Waals surface area contributed by atoms with Crippen molar-refractivity contribution in [2.75, 3.05) is 11.5 Å². The van der Waals surface area contributed by atoms with E-state index >= 15 is 0 Å². The molecule has 1 saturated heterocycles. The van der Waals surface area contributed by atoms with Crippen molar-refractivity contribution in [3.05, 3.63) is 0 Å². The zero-order chi connectivity index (χ0) is 6.53. The molecule has 0 spiro atoms. The summed E-state index contributed by atoms with van der Waals surface area (Å²) in [5.41, 5.74) is 5.79. The molecular weight excluding hydrogens is 130 g/mol. The molecule has 1 nitrogen and oxygen atoms in total.